The molecule has 0 radical (unpaired) electrons. The maximum Gasteiger partial charge on any atom is 0.490 e. The Kier molecular flexibility index (Phi) is 7.35. The lowest BCUT2D eigenvalue weighted by Crippen LogP contribution is -2.48. The van der Waals surface area contributed by atoms with Gasteiger partial charge in [0, 0.05) is 27.1 Å². The van der Waals surface area contributed by atoms with Gasteiger partial charge in [0.05, 0.1) is 12.0 Å². The summed E-state index contributed by atoms with van der Waals surface area (Å²) in [6.07, 6.45) is -0.882. The lowest BCUT2D eigenvalue weighted by atomic mass is 9.65. The van der Waals surface area contributed by atoms with Gasteiger partial charge in [-0.15, -0.1) is 0 Å². The number of fused-ring (bicyclic) bond motifs is 2. The molecule has 0 unspecified atom stereocenters. The number of carboxylic acid groups (broad SMARTS) is 1. The number of aryl methyl sites for hydroxylation is 1. The van der Waals surface area contributed by atoms with Crippen LogP contribution in [-0.4, -0.2) is 72.1 Å². The van der Waals surface area contributed by atoms with Gasteiger partial charge in [0.1, 0.15) is 11.5 Å². The van der Waals surface area contributed by atoms with Crippen LogP contribution in [0, 0.1) is 23.7 Å². The van der Waals surface area contributed by atoms with Crippen LogP contribution in [0.4, 0.5) is 13.2 Å². The quantitative estimate of drug-likeness (QED) is 0.680. The molecule has 2 aliphatic heterocycles. The van der Waals surface area contributed by atoms with E-state index in [2.05, 4.69) is 16.3 Å². The van der Waals surface area contributed by atoms with Crippen molar-refractivity contribution in [2.75, 3.05) is 33.2 Å². The van der Waals surface area contributed by atoms with E-state index in [0.717, 1.165) is 63.4 Å². The number of carbonyl (C=O) groups excluding carboxylic acids is 2. The van der Waals surface area contributed by atoms with E-state index >= 15 is 0 Å². The predicted octanol–water partition coefficient (Wildman–Crippen LogP) is 2.81. The molecule has 1 saturated carbocycles. The molecule has 0 aromatic carbocycles. The Bertz CT molecular complexity index is 923. The van der Waals surface area contributed by atoms with E-state index in [1.807, 2.05) is 17.9 Å². The van der Waals surface area contributed by atoms with Crippen LogP contribution in [0.1, 0.15) is 44.1 Å². The third-order valence-corrected chi connectivity index (χ3v) is 7.75. The number of likely N-dealkylation sites (tertiary alicyclic amines) is 2. The van der Waals surface area contributed by atoms with Crippen LogP contribution in [-0.2, 0) is 20.9 Å². The number of hydrogen-bond acceptors (Lipinski definition) is 5. The summed E-state index contributed by atoms with van der Waals surface area (Å²) in [7, 11) is 1.73. The van der Waals surface area contributed by atoms with E-state index in [4.69, 9.17) is 14.3 Å². The van der Waals surface area contributed by atoms with Crippen LogP contribution in [0.2, 0.25) is 0 Å². The predicted molar refractivity (Wildman–Crippen MR) is 116 cm³/mol. The van der Waals surface area contributed by atoms with E-state index in [-0.39, 0.29) is 28.6 Å². The molecule has 2 N–H and O–H groups in total. The number of piperidine rings is 1. The van der Waals surface area contributed by atoms with Gasteiger partial charge in [-0.25, -0.2) is 4.79 Å². The Labute approximate surface area is 196 Å². The second-order valence-corrected chi connectivity index (χ2v) is 9.64. The summed E-state index contributed by atoms with van der Waals surface area (Å²) in [6.45, 7) is 7.84. The van der Waals surface area contributed by atoms with Gasteiger partial charge < -0.3 is 19.7 Å². The second kappa shape index (κ2) is 9.59. The summed E-state index contributed by atoms with van der Waals surface area (Å²) >= 11 is 0. The minimum atomic E-state index is -5.08. The lowest BCUT2D eigenvalue weighted by molar-refractivity contribution is -0.192. The van der Waals surface area contributed by atoms with E-state index in [1.54, 1.807) is 14.0 Å². The number of alkyl halides is 3. The summed E-state index contributed by atoms with van der Waals surface area (Å²) < 4.78 is 37.5. The van der Waals surface area contributed by atoms with Crippen molar-refractivity contribution in [3.8, 4) is 0 Å². The first-order chi connectivity index (χ1) is 15.8. The number of aliphatic carboxylic acids is 1. The number of nitrogens with one attached hydrogen (secondary N) is 1. The van der Waals surface area contributed by atoms with E-state index < -0.39 is 12.1 Å². The van der Waals surface area contributed by atoms with Crippen molar-refractivity contribution >= 4 is 17.8 Å². The first-order valence-corrected chi connectivity index (χ1v) is 11.4. The number of furan rings is 1. The van der Waals surface area contributed by atoms with Crippen molar-refractivity contribution < 1.29 is 37.1 Å². The fourth-order valence-electron chi connectivity index (χ4n) is 5.97. The van der Waals surface area contributed by atoms with Gasteiger partial charge in [-0.3, -0.25) is 14.5 Å². The maximum absolute atomic E-state index is 12.8. The highest BCUT2D eigenvalue weighted by molar-refractivity contribution is 5.86. The zero-order valence-corrected chi connectivity index (χ0v) is 19.7. The average molecular weight is 488 g/mol. The molecule has 11 heteroatoms. The average Bonchev–Trinajstić information content (AvgIpc) is 3.44. The van der Waals surface area contributed by atoms with Gasteiger partial charge in [-0.2, -0.15) is 13.2 Å². The SMILES string of the molecule is CNC(=O)[C@@]12CCC3(CCN(Cc4ccc(C)o4)CC3)[C@@H]1CN(C(C)=O)C2.O=C(O)C(F)(F)F. The molecule has 2 saturated heterocycles. The van der Waals surface area contributed by atoms with E-state index in [0.29, 0.717) is 6.54 Å². The van der Waals surface area contributed by atoms with Crippen molar-refractivity contribution in [3.05, 3.63) is 23.7 Å². The Hall–Kier alpha value is -2.56. The van der Waals surface area contributed by atoms with Crippen molar-refractivity contribution in [2.24, 2.45) is 16.7 Å². The second-order valence-electron chi connectivity index (χ2n) is 9.64. The van der Waals surface area contributed by atoms with Gasteiger partial charge in [-0.05, 0) is 69.2 Å². The largest absolute Gasteiger partial charge is 0.490 e. The fourth-order valence-corrected chi connectivity index (χ4v) is 5.97. The zero-order chi connectivity index (χ0) is 25.3. The van der Waals surface area contributed by atoms with Crippen LogP contribution < -0.4 is 5.32 Å². The van der Waals surface area contributed by atoms with Crippen LogP contribution >= 0.6 is 0 Å². The van der Waals surface area contributed by atoms with Gasteiger partial charge in [-0.1, -0.05) is 0 Å². The smallest absolute Gasteiger partial charge is 0.475 e. The fraction of sp³-hybridized carbons (Fsp3) is 0.696. The molecular formula is C23H32F3N3O5. The highest BCUT2D eigenvalue weighted by Gasteiger charge is 2.64. The van der Waals surface area contributed by atoms with Gasteiger partial charge >= 0.3 is 12.1 Å². The Morgan fingerprint density at radius 1 is 1.18 bits per heavy atom. The molecule has 1 spiro atoms. The lowest BCUT2D eigenvalue weighted by Gasteiger charge is -2.44. The Morgan fingerprint density at radius 2 is 1.79 bits per heavy atom. The first kappa shape index (κ1) is 26.1. The minimum absolute atomic E-state index is 0.0912. The van der Waals surface area contributed by atoms with Crippen molar-refractivity contribution in [1.82, 2.24) is 15.1 Å². The Morgan fingerprint density at radius 3 is 2.26 bits per heavy atom. The number of amides is 2. The normalized spacial score (nSPS) is 26.1. The standard InChI is InChI=1S/C21H31N3O3.C2HF3O2/c1-15-4-5-17(27-15)12-23-10-8-20(9-11-23)6-7-21(19(26)22-3)14-24(16(2)25)13-18(20)21;3-2(4,5)1(6)7/h4-5,18H,6-14H2,1-3H3,(H,22,26);(H,6,7)/t18-,21+;/m0./s1. The summed E-state index contributed by atoms with van der Waals surface area (Å²) in [5.74, 6) is -0.275. The molecule has 1 aromatic rings. The van der Waals surface area contributed by atoms with Gasteiger partial charge in [0.25, 0.3) is 0 Å². The molecule has 3 heterocycles. The molecule has 1 aromatic heterocycles. The molecular weight excluding hydrogens is 455 g/mol. The third-order valence-electron chi connectivity index (χ3n) is 7.75. The molecule has 2 amide bonds. The van der Waals surface area contributed by atoms with E-state index in [9.17, 15) is 22.8 Å². The van der Waals surface area contributed by atoms with Gasteiger partial charge in [0.15, 0.2) is 0 Å². The van der Waals surface area contributed by atoms with Crippen LogP contribution in [0.3, 0.4) is 0 Å². The number of halogens is 3. The van der Waals surface area contributed by atoms with E-state index in [1.165, 1.54) is 0 Å². The third kappa shape index (κ3) is 5.08. The molecule has 3 fully saturated rings. The number of hydrogen-bond donors (Lipinski definition) is 2. The van der Waals surface area contributed by atoms with Crippen molar-refractivity contribution in [2.45, 2.75) is 52.3 Å². The topological polar surface area (TPSA) is 103 Å². The highest BCUT2D eigenvalue weighted by Crippen LogP contribution is 2.62. The first-order valence-electron chi connectivity index (χ1n) is 11.4. The molecule has 190 valence electrons. The molecule has 0 bridgehead atoms. The molecule has 1 aliphatic carbocycles. The molecule has 3 aliphatic rings. The summed E-state index contributed by atoms with van der Waals surface area (Å²) in [4.78, 5) is 38.1. The molecule has 4 rings (SSSR count). The maximum atomic E-state index is 12.8. The number of carbonyl (C=O) groups is 3. The highest BCUT2D eigenvalue weighted by atomic mass is 19.4. The van der Waals surface area contributed by atoms with Crippen LogP contribution in [0.15, 0.2) is 16.5 Å². The number of carboxylic acids is 1. The summed E-state index contributed by atoms with van der Waals surface area (Å²) in [5.41, 5.74) is -0.201. The monoisotopic (exact) mass is 487 g/mol. The van der Waals surface area contributed by atoms with Crippen LogP contribution in [0.5, 0.6) is 0 Å². The minimum Gasteiger partial charge on any atom is -0.475 e. The van der Waals surface area contributed by atoms with Crippen LogP contribution in [0.25, 0.3) is 0 Å². The van der Waals surface area contributed by atoms with Crippen molar-refractivity contribution in [3.63, 3.8) is 0 Å². The zero-order valence-electron chi connectivity index (χ0n) is 19.7. The summed E-state index contributed by atoms with van der Waals surface area (Å²) in [5, 5.41) is 10.0. The summed E-state index contributed by atoms with van der Waals surface area (Å²) in [6, 6.07) is 4.08. The van der Waals surface area contributed by atoms with Crippen molar-refractivity contribution in [1.29, 1.82) is 0 Å². The molecule has 2 atom stereocenters. The van der Waals surface area contributed by atoms with Gasteiger partial charge in [0.2, 0.25) is 11.8 Å². The Balaban J connectivity index is 0.000000406. The molecule has 34 heavy (non-hydrogen) atoms. The number of rotatable bonds is 3. The molecule has 8 nitrogen and oxygen atoms in total. The number of nitrogens with zero attached hydrogens (tertiary/aromatic N) is 2.